The van der Waals surface area contributed by atoms with E-state index in [-0.39, 0.29) is 18.1 Å². The molecule has 1 atom stereocenters. The zero-order valence-electron chi connectivity index (χ0n) is 14.3. The van der Waals surface area contributed by atoms with Gasteiger partial charge < -0.3 is 20.1 Å². The van der Waals surface area contributed by atoms with E-state index >= 15 is 0 Å². The lowest BCUT2D eigenvalue weighted by molar-refractivity contribution is -0.143. The predicted molar refractivity (Wildman–Crippen MR) is 91.2 cm³/mol. The molecule has 1 saturated heterocycles. The topological polar surface area (TPSA) is 78.9 Å². The van der Waals surface area contributed by atoms with Crippen molar-refractivity contribution in [2.75, 3.05) is 19.6 Å². The Morgan fingerprint density at radius 2 is 2.00 bits per heavy atom. The molecule has 0 radical (unpaired) electrons. The van der Waals surface area contributed by atoms with Crippen LogP contribution in [0.5, 0.6) is 5.75 Å². The van der Waals surface area contributed by atoms with E-state index in [1.807, 2.05) is 38.1 Å². The Morgan fingerprint density at radius 3 is 2.58 bits per heavy atom. The minimum atomic E-state index is -0.771. The number of nitrogens with zero attached hydrogens (tertiary/aromatic N) is 1. The second kappa shape index (κ2) is 8.57. The van der Waals surface area contributed by atoms with Crippen LogP contribution in [-0.4, -0.2) is 47.7 Å². The summed E-state index contributed by atoms with van der Waals surface area (Å²) in [7, 11) is 0. The normalized spacial score (nSPS) is 16.5. The number of aryl methyl sites for hydroxylation is 1. The maximum atomic E-state index is 12.2. The summed E-state index contributed by atoms with van der Waals surface area (Å²) in [6, 6.07) is 7.67. The summed E-state index contributed by atoms with van der Waals surface area (Å²) < 4.78 is 5.97. The number of rotatable bonds is 6. The van der Waals surface area contributed by atoms with Crippen LogP contribution in [0.3, 0.4) is 0 Å². The van der Waals surface area contributed by atoms with Gasteiger partial charge in [-0.05, 0) is 37.8 Å². The zero-order chi connectivity index (χ0) is 17.5. The van der Waals surface area contributed by atoms with Crippen LogP contribution in [0.15, 0.2) is 24.3 Å². The molecule has 0 bridgehead atoms. The molecule has 0 aliphatic carbocycles. The Labute approximate surface area is 142 Å². The number of carbonyl (C=O) groups is 2. The molecular formula is C18H26N2O4. The van der Waals surface area contributed by atoms with Gasteiger partial charge in [-0.25, -0.2) is 4.79 Å². The van der Waals surface area contributed by atoms with E-state index < -0.39 is 5.97 Å². The van der Waals surface area contributed by atoms with Gasteiger partial charge in [-0.2, -0.15) is 0 Å². The molecule has 1 aromatic rings. The largest absolute Gasteiger partial charge is 0.488 e. The van der Waals surface area contributed by atoms with Crippen LogP contribution >= 0.6 is 0 Å². The van der Waals surface area contributed by atoms with E-state index in [0.717, 1.165) is 17.7 Å². The number of nitrogens with one attached hydrogen (secondary N) is 1. The first kappa shape index (κ1) is 18.1. The van der Waals surface area contributed by atoms with E-state index in [0.29, 0.717) is 32.5 Å². The van der Waals surface area contributed by atoms with Gasteiger partial charge in [0.2, 0.25) is 0 Å². The highest BCUT2D eigenvalue weighted by Gasteiger charge is 2.27. The number of para-hydroxylation sites is 1. The molecule has 2 N–H and O–H groups in total. The van der Waals surface area contributed by atoms with Crippen molar-refractivity contribution in [3.8, 4) is 5.75 Å². The fourth-order valence-corrected chi connectivity index (χ4v) is 2.78. The third-order valence-electron chi connectivity index (χ3n) is 4.45. The number of carboxylic acids is 1. The number of ether oxygens (including phenoxy) is 1. The Morgan fingerprint density at radius 1 is 1.33 bits per heavy atom. The molecule has 132 valence electrons. The lowest BCUT2D eigenvalue weighted by atomic mass is 9.97. The molecular weight excluding hydrogens is 308 g/mol. The van der Waals surface area contributed by atoms with Crippen LogP contribution in [0, 0.1) is 12.8 Å². The molecule has 0 aromatic heterocycles. The number of carboxylic acid groups (broad SMARTS) is 1. The molecule has 6 heteroatoms. The summed E-state index contributed by atoms with van der Waals surface area (Å²) >= 11 is 0. The first-order valence-electron chi connectivity index (χ1n) is 8.49. The van der Waals surface area contributed by atoms with E-state index in [1.165, 1.54) is 0 Å². The predicted octanol–water partition coefficient (Wildman–Crippen LogP) is 2.66. The molecule has 0 spiro atoms. The second-order valence-corrected chi connectivity index (χ2v) is 6.20. The molecule has 1 aromatic carbocycles. The number of benzene rings is 1. The summed E-state index contributed by atoms with van der Waals surface area (Å²) in [5.41, 5.74) is 1.07. The summed E-state index contributed by atoms with van der Waals surface area (Å²) in [6.07, 6.45) is 1.72. The van der Waals surface area contributed by atoms with Crippen molar-refractivity contribution in [2.45, 2.75) is 39.2 Å². The third-order valence-corrected chi connectivity index (χ3v) is 4.45. The lowest BCUT2D eigenvalue weighted by Crippen LogP contribution is -2.47. The van der Waals surface area contributed by atoms with Crippen LogP contribution in [0.25, 0.3) is 0 Å². The van der Waals surface area contributed by atoms with Gasteiger partial charge in [0.25, 0.3) is 0 Å². The molecule has 2 rings (SSSR count). The molecule has 1 fully saturated rings. The molecule has 1 heterocycles. The Bertz CT molecular complexity index is 568. The van der Waals surface area contributed by atoms with Crippen molar-refractivity contribution >= 4 is 12.0 Å². The second-order valence-electron chi connectivity index (χ2n) is 6.20. The minimum absolute atomic E-state index is 0.0911. The minimum Gasteiger partial charge on any atom is -0.488 e. The highest BCUT2D eigenvalue weighted by molar-refractivity contribution is 5.75. The van der Waals surface area contributed by atoms with Crippen LogP contribution in [0.4, 0.5) is 4.79 Å². The van der Waals surface area contributed by atoms with Gasteiger partial charge in [0.15, 0.2) is 0 Å². The first-order chi connectivity index (χ1) is 11.5. The van der Waals surface area contributed by atoms with Crippen molar-refractivity contribution in [3.05, 3.63) is 29.8 Å². The van der Waals surface area contributed by atoms with Crippen LogP contribution < -0.4 is 10.1 Å². The highest BCUT2D eigenvalue weighted by Crippen LogP contribution is 2.19. The molecule has 1 unspecified atom stereocenters. The van der Waals surface area contributed by atoms with Crippen molar-refractivity contribution in [2.24, 2.45) is 5.92 Å². The van der Waals surface area contributed by atoms with Crippen molar-refractivity contribution < 1.29 is 19.4 Å². The van der Waals surface area contributed by atoms with Crippen LogP contribution in [0.2, 0.25) is 0 Å². The SMILES string of the molecule is CCC(CNC(=O)N1CCC(C(=O)O)CC1)Oc1ccccc1C. The molecule has 0 saturated carbocycles. The monoisotopic (exact) mass is 334 g/mol. The van der Waals surface area contributed by atoms with E-state index in [4.69, 9.17) is 9.84 Å². The van der Waals surface area contributed by atoms with Gasteiger partial charge in [-0.1, -0.05) is 25.1 Å². The van der Waals surface area contributed by atoms with Gasteiger partial charge in [-0.3, -0.25) is 4.79 Å². The van der Waals surface area contributed by atoms with Gasteiger partial charge in [0.1, 0.15) is 11.9 Å². The molecule has 1 aliphatic heterocycles. The number of aliphatic carboxylic acids is 1. The maximum absolute atomic E-state index is 12.2. The number of hydrogen-bond acceptors (Lipinski definition) is 3. The number of carbonyl (C=O) groups excluding carboxylic acids is 1. The number of amides is 2. The van der Waals surface area contributed by atoms with Crippen molar-refractivity contribution in [1.29, 1.82) is 0 Å². The molecule has 2 amide bonds. The summed E-state index contributed by atoms with van der Waals surface area (Å²) in [4.78, 5) is 24.9. The fourth-order valence-electron chi connectivity index (χ4n) is 2.78. The van der Waals surface area contributed by atoms with Crippen molar-refractivity contribution in [1.82, 2.24) is 10.2 Å². The molecule has 24 heavy (non-hydrogen) atoms. The first-order valence-corrected chi connectivity index (χ1v) is 8.49. The Hall–Kier alpha value is -2.24. The molecule has 6 nitrogen and oxygen atoms in total. The van der Waals surface area contributed by atoms with Gasteiger partial charge in [-0.15, -0.1) is 0 Å². The highest BCUT2D eigenvalue weighted by atomic mass is 16.5. The fraction of sp³-hybridized carbons (Fsp3) is 0.556. The summed E-state index contributed by atoms with van der Waals surface area (Å²) in [5.74, 6) is -0.268. The van der Waals surface area contributed by atoms with Gasteiger partial charge >= 0.3 is 12.0 Å². The van der Waals surface area contributed by atoms with E-state index in [1.54, 1.807) is 4.90 Å². The third kappa shape index (κ3) is 4.88. The number of urea groups is 1. The van der Waals surface area contributed by atoms with Crippen LogP contribution in [-0.2, 0) is 4.79 Å². The smallest absolute Gasteiger partial charge is 0.317 e. The van der Waals surface area contributed by atoms with Gasteiger partial charge in [0, 0.05) is 13.1 Å². The zero-order valence-corrected chi connectivity index (χ0v) is 14.3. The average molecular weight is 334 g/mol. The molecule has 1 aliphatic rings. The quantitative estimate of drug-likeness (QED) is 0.838. The lowest BCUT2D eigenvalue weighted by Gasteiger charge is -2.30. The van der Waals surface area contributed by atoms with Crippen LogP contribution in [0.1, 0.15) is 31.7 Å². The number of hydrogen-bond donors (Lipinski definition) is 2. The average Bonchev–Trinajstić information content (AvgIpc) is 2.60. The van der Waals surface area contributed by atoms with E-state index in [2.05, 4.69) is 5.32 Å². The van der Waals surface area contributed by atoms with E-state index in [9.17, 15) is 9.59 Å². The van der Waals surface area contributed by atoms with Gasteiger partial charge in [0.05, 0.1) is 12.5 Å². The Kier molecular flexibility index (Phi) is 6.46. The Balaban J connectivity index is 1.79. The number of piperidine rings is 1. The maximum Gasteiger partial charge on any atom is 0.317 e. The number of likely N-dealkylation sites (tertiary alicyclic amines) is 1. The summed E-state index contributed by atoms with van der Waals surface area (Å²) in [5, 5.41) is 11.9. The summed E-state index contributed by atoms with van der Waals surface area (Å²) in [6.45, 7) is 5.42. The standard InChI is InChI=1S/C18H26N2O4/c1-3-15(24-16-7-5-4-6-13(16)2)12-19-18(23)20-10-8-14(9-11-20)17(21)22/h4-7,14-15H,3,8-12H2,1-2H3,(H,19,23)(H,21,22). The van der Waals surface area contributed by atoms with Crippen molar-refractivity contribution in [3.63, 3.8) is 0 Å².